The number of carbonyl (C=O) groups is 2. The number of hydrogen-bond donors (Lipinski definition) is 1. The van der Waals surface area contributed by atoms with Crippen LogP contribution in [0.1, 0.15) is 75.0 Å². The smallest absolute Gasteiger partial charge is 0.410 e. The highest BCUT2D eigenvalue weighted by Crippen LogP contribution is 2.46. The maximum atomic E-state index is 12.7. The van der Waals surface area contributed by atoms with Gasteiger partial charge in [0.2, 0.25) is 0 Å². The number of ether oxygens (including phenoxy) is 1. The summed E-state index contributed by atoms with van der Waals surface area (Å²) in [6, 6.07) is 16.5. The number of benzene rings is 2. The normalized spacial score (nSPS) is 12.3. The zero-order chi connectivity index (χ0) is 22.1. The van der Waals surface area contributed by atoms with Gasteiger partial charge in [-0.05, 0) is 35.1 Å². The molecule has 1 amide bonds. The fraction of sp³-hybridized carbons (Fsp3) is 0.462. The molecule has 1 aliphatic carbocycles. The van der Waals surface area contributed by atoms with Crippen molar-refractivity contribution in [2.45, 2.75) is 63.8 Å². The highest BCUT2D eigenvalue weighted by atomic mass is 16.5. The van der Waals surface area contributed by atoms with Gasteiger partial charge in [-0.25, -0.2) is 4.79 Å². The lowest BCUT2D eigenvalue weighted by Crippen LogP contribution is -2.35. The van der Waals surface area contributed by atoms with Crippen LogP contribution in [0.4, 0.5) is 4.79 Å². The first-order valence-electron chi connectivity index (χ1n) is 11.4. The molecule has 0 bridgehead atoms. The van der Waals surface area contributed by atoms with Gasteiger partial charge in [-0.3, -0.25) is 9.69 Å². The highest BCUT2D eigenvalue weighted by molar-refractivity contribution is 5.81. The molecule has 31 heavy (non-hydrogen) atoms. The van der Waals surface area contributed by atoms with Crippen molar-refractivity contribution >= 4 is 12.1 Å². The van der Waals surface area contributed by atoms with E-state index in [4.69, 9.17) is 9.84 Å². The number of amides is 1. The molecule has 0 saturated heterocycles. The van der Waals surface area contributed by atoms with Crippen molar-refractivity contribution in [1.82, 2.24) is 4.90 Å². The monoisotopic (exact) mass is 423 g/mol. The van der Waals surface area contributed by atoms with Gasteiger partial charge in [0.05, 0.1) is 13.2 Å². The maximum Gasteiger partial charge on any atom is 0.410 e. The lowest BCUT2D eigenvalue weighted by atomic mass is 10.0. The van der Waals surface area contributed by atoms with Crippen molar-refractivity contribution in [3.8, 4) is 11.1 Å². The standard InChI is InChI=1S/C26H33NO4/c1-31-26(30)27(19-13-7-5-3-2-4-6-8-18-24(28)29)25-22-16-11-9-14-20(22)21-15-10-12-17-23(21)25/h9-12,14-17,25H,2-8,13,18-19H2,1H3,(H,28,29). The quantitative estimate of drug-likeness (QED) is 0.400. The molecular formula is C26H33NO4. The van der Waals surface area contributed by atoms with E-state index in [1.807, 2.05) is 29.2 Å². The predicted octanol–water partition coefficient (Wildman–Crippen LogP) is 6.42. The summed E-state index contributed by atoms with van der Waals surface area (Å²) in [6.45, 7) is 0.665. The van der Waals surface area contributed by atoms with Crippen molar-refractivity contribution in [2.24, 2.45) is 0 Å². The van der Waals surface area contributed by atoms with Crippen LogP contribution < -0.4 is 0 Å². The Morgan fingerprint density at radius 3 is 1.81 bits per heavy atom. The molecule has 0 radical (unpaired) electrons. The summed E-state index contributed by atoms with van der Waals surface area (Å²) in [7, 11) is 1.45. The fourth-order valence-corrected chi connectivity index (χ4v) is 4.53. The molecule has 3 rings (SSSR count). The Hall–Kier alpha value is -2.82. The molecule has 0 spiro atoms. The van der Waals surface area contributed by atoms with E-state index in [1.165, 1.54) is 18.2 Å². The number of aliphatic carboxylic acids is 1. The molecule has 0 aliphatic heterocycles. The Morgan fingerprint density at radius 2 is 1.29 bits per heavy atom. The van der Waals surface area contributed by atoms with Crippen LogP contribution in [0.5, 0.6) is 0 Å². The Kier molecular flexibility index (Phi) is 8.51. The minimum absolute atomic E-state index is 0.103. The molecule has 0 fully saturated rings. The summed E-state index contributed by atoms with van der Waals surface area (Å²) in [5.74, 6) is -0.706. The summed E-state index contributed by atoms with van der Waals surface area (Å²) >= 11 is 0. The van der Waals surface area contributed by atoms with Crippen molar-refractivity contribution < 1.29 is 19.4 Å². The van der Waals surface area contributed by atoms with E-state index in [-0.39, 0.29) is 18.6 Å². The molecule has 0 atom stereocenters. The van der Waals surface area contributed by atoms with Gasteiger partial charge < -0.3 is 9.84 Å². The number of nitrogens with zero attached hydrogens (tertiary/aromatic N) is 1. The van der Waals surface area contributed by atoms with Crippen LogP contribution >= 0.6 is 0 Å². The third kappa shape index (κ3) is 5.87. The van der Waals surface area contributed by atoms with Crippen molar-refractivity contribution in [2.75, 3.05) is 13.7 Å². The number of carboxylic acid groups (broad SMARTS) is 1. The second kappa shape index (κ2) is 11.5. The number of carboxylic acids is 1. The van der Waals surface area contributed by atoms with Crippen LogP contribution in [0.3, 0.4) is 0 Å². The largest absolute Gasteiger partial charge is 0.481 e. The van der Waals surface area contributed by atoms with Gasteiger partial charge in [0.15, 0.2) is 0 Å². The van der Waals surface area contributed by atoms with E-state index in [1.54, 1.807) is 0 Å². The molecule has 0 saturated carbocycles. The highest BCUT2D eigenvalue weighted by Gasteiger charge is 2.35. The average molecular weight is 424 g/mol. The third-order valence-corrected chi connectivity index (χ3v) is 6.06. The van der Waals surface area contributed by atoms with Crippen LogP contribution in [-0.4, -0.2) is 35.7 Å². The topological polar surface area (TPSA) is 66.8 Å². The fourth-order valence-electron chi connectivity index (χ4n) is 4.53. The van der Waals surface area contributed by atoms with Crippen LogP contribution in [0.25, 0.3) is 11.1 Å². The molecular weight excluding hydrogens is 390 g/mol. The number of hydrogen-bond acceptors (Lipinski definition) is 3. The predicted molar refractivity (Wildman–Crippen MR) is 122 cm³/mol. The minimum atomic E-state index is -0.706. The molecule has 5 nitrogen and oxygen atoms in total. The Bertz CT molecular complexity index is 834. The van der Waals surface area contributed by atoms with E-state index >= 15 is 0 Å². The van der Waals surface area contributed by atoms with Gasteiger partial charge in [0.1, 0.15) is 0 Å². The Labute approximate surface area is 185 Å². The van der Waals surface area contributed by atoms with Gasteiger partial charge in [-0.2, -0.15) is 0 Å². The SMILES string of the molecule is COC(=O)N(CCCCCCCCCCC(=O)O)C1c2ccccc2-c2ccccc21. The first kappa shape index (κ1) is 22.9. The lowest BCUT2D eigenvalue weighted by Gasteiger charge is -2.29. The van der Waals surface area contributed by atoms with Crippen LogP contribution in [-0.2, 0) is 9.53 Å². The lowest BCUT2D eigenvalue weighted by molar-refractivity contribution is -0.137. The zero-order valence-electron chi connectivity index (χ0n) is 18.4. The van der Waals surface area contributed by atoms with Crippen LogP contribution in [0.2, 0.25) is 0 Å². The van der Waals surface area contributed by atoms with Crippen LogP contribution in [0, 0.1) is 0 Å². The minimum Gasteiger partial charge on any atom is -0.481 e. The summed E-state index contributed by atoms with van der Waals surface area (Å²) in [5, 5.41) is 8.67. The van der Waals surface area contributed by atoms with Gasteiger partial charge in [-0.1, -0.05) is 87.1 Å². The number of rotatable bonds is 12. The first-order valence-corrected chi connectivity index (χ1v) is 11.4. The van der Waals surface area contributed by atoms with E-state index in [0.717, 1.165) is 62.5 Å². The van der Waals surface area contributed by atoms with Gasteiger partial charge in [-0.15, -0.1) is 0 Å². The molecule has 0 unspecified atom stereocenters. The van der Waals surface area contributed by atoms with E-state index in [9.17, 15) is 9.59 Å². The second-order valence-corrected chi connectivity index (χ2v) is 8.21. The van der Waals surface area contributed by atoms with Crippen LogP contribution in [0.15, 0.2) is 48.5 Å². The maximum absolute atomic E-state index is 12.7. The molecule has 1 aliphatic rings. The molecule has 1 N–H and O–H groups in total. The number of fused-ring (bicyclic) bond motifs is 3. The van der Waals surface area contributed by atoms with Crippen molar-refractivity contribution in [3.63, 3.8) is 0 Å². The van der Waals surface area contributed by atoms with E-state index < -0.39 is 5.97 Å². The number of carbonyl (C=O) groups excluding carboxylic acids is 1. The van der Waals surface area contributed by atoms with E-state index in [0.29, 0.717) is 6.54 Å². The summed E-state index contributed by atoms with van der Waals surface area (Å²) in [5.41, 5.74) is 4.71. The Morgan fingerprint density at radius 1 is 0.806 bits per heavy atom. The van der Waals surface area contributed by atoms with E-state index in [2.05, 4.69) is 24.3 Å². The summed E-state index contributed by atoms with van der Waals surface area (Å²) in [4.78, 5) is 25.1. The molecule has 2 aromatic rings. The summed E-state index contributed by atoms with van der Waals surface area (Å²) in [6.07, 6.45) is 8.28. The van der Waals surface area contributed by atoms with Gasteiger partial charge >= 0.3 is 12.1 Å². The van der Waals surface area contributed by atoms with Gasteiger partial charge in [0.25, 0.3) is 0 Å². The van der Waals surface area contributed by atoms with Crippen molar-refractivity contribution in [3.05, 3.63) is 59.7 Å². The third-order valence-electron chi connectivity index (χ3n) is 6.06. The number of unbranched alkanes of at least 4 members (excludes halogenated alkanes) is 7. The Balaban J connectivity index is 1.53. The second-order valence-electron chi connectivity index (χ2n) is 8.21. The summed E-state index contributed by atoms with van der Waals surface area (Å²) < 4.78 is 5.15. The molecule has 5 heteroatoms. The average Bonchev–Trinajstić information content (AvgIpc) is 3.11. The number of methoxy groups -OCH3 is 1. The molecule has 2 aromatic carbocycles. The molecule has 166 valence electrons. The first-order chi connectivity index (χ1) is 15.1. The molecule has 0 aromatic heterocycles. The molecule has 0 heterocycles. The van der Waals surface area contributed by atoms with Gasteiger partial charge in [0, 0.05) is 13.0 Å². The van der Waals surface area contributed by atoms with Crippen molar-refractivity contribution in [1.29, 1.82) is 0 Å². The zero-order valence-corrected chi connectivity index (χ0v) is 18.4.